The highest BCUT2D eigenvalue weighted by molar-refractivity contribution is 5.73. The van der Waals surface area contributed by atoms with Crippen molar-refractivity contribution in [1.29, 1.82) is 0 Å². The topological polar surface area (TPSA) is 682 Å². The summed E-state index contributed by atoms with van der Waals surface area (Å²) in [6.45, 7) is -6.14. The number of aliphatic hydroxyl groups is 24. The third kappa shape index (κ3) is 17.0. The quantitative estimate of drug-likeness (QED) is 0.0427. The molecule has 0 saturated carbocycles. The van der Waals surface area contributed by atoms with Crippen molar-refractivity contribution in [3.63, 3.8) is 0 Å². The summed E-state index contributed by atoms with van der Waals surface area (Å²) >= 11 is 0. The van der Waals surface area contributed by atoms with E-state index in [1.54, 1.807) is 0 Å². The molecule has 0 aliphatic carbocycles. The van der Waals surface area contributed by atoms with Crippen molar-refractivity contribution < 1.29 is 203 Å². The number of nitrogens with one attached hydrogen (secondary N) is 2. The molecular weight excluding hydrogens is 1310 g/mol. The van der Waals surface area contributed by atoms with Gasteiger partial charge in [0.25, 0.3) is 0 Å². The normalized spacial score (nSPS) is 50.8. The summed E-state index contributed by atoms with van der Waals surface area (Å²) in [5.41, 5.74) is 0. The minimum absolute atomic E-state index is 0.738. The molecule has 0 bridgehead atoms. The van der Waals surface area contributed by atoms with E-state index in [9.17, 15) is 132 Å². The van der Waals surface area contributed by atoms with Crippen LogP contribution in [0.2, 0.25) is 0 Å². The van der Waals surface area contributed by atoms with Crippen LogP contribution in [0.1, 0.15) is 13.8 Å². The Morgan fingerprint density at radius 1 is 0.274 bits per heavy atom. The van der Waals surface area contributed by atoms with Crippen molar-refractivity contribution in [2.75, 3.05) is 52.9 Å². The van der Waals surface area contributed by atoms with Gasteiger partial charge in [-0.1, -0.05) is 0 Å². The lowest BCUT2D eigenvalue weighted by Gasteiger charge is -2.49. The fourth-order valence-corrected chi connectivity index (χ4v) is 12.0. The van der Waals surface area contributed by atoms with Crippen LogP contribution in [-0.4, -0.2) is 433 Å². The Hall–Kier alpha value is -2.62. The van der Waals surface area contributed by atoms with Gasteiger partial charge in [0, 0.05) is 13.8 Å². The highest BCUT2D eigenvalue weighted by Crippen LogP contribution is 2.38. The zero-order valence-corrected chi connectivity index (χ0v) is 50.4. The van der Waals surface area contributed by atoms with Crippen LogP contribution in [0.5, 0.6) is 0 Å². The first kappa shape index (κ1) is 78.1. The second kappa shape index (κ2) is 33.9. The molecule has 0 aromatic rings. The molecule has 2 amide bonds. The molecule has 0 aromatic carbocycles. The molecule has 8 fully saturated rings. The molecule has 40 atom stereocenters. The van der Waals surface area contributed by atoms with Crippen LogP contribution in [-0.2, 0) is 80.6 Å². The van der Waals surface area contributed by atoms with Crippen LogP contribution in [0.4, 0.5) is 0 Å². The maximum absolute atomic E-state index is 12.6. The average Bonchev–Trinajstić information content (AvgIpc) is 0.785. The van der Waals surface area contributed by atoms with Crippen molar-refractivity contribution in [2.45, 2.75) is 259 Å². The van der Waals surface area contributed by atoms with E-state index in [0.29, 0.717) is 0 Å². The molecule has 552 valence electrons. The number of hydrogen-bond donors (Lipinski definition) is 26. The molecule has 8 aliphatic rings. The number of rotatable bonds is 24. The molecule has 8 aliphatic heterocycles. The van der Waals surface area contributed by atoms with Gasteiger partial charge in [-0.3, -0.25) is 9.59 Å². The van der Waals surface area contributed by atoms with Crippen molar-refractivity contribution in [1.82, 2.24) is 10.6 Å². The molecule has 0 unspecified atom stereocenters. The van der Waals surface area contributed by atoms with Crippen molar-refractivity contribution >= 4 is 11.8 Å². The molecule has 95 heavy (non-hydrogen) atoms. The number of aliphatic hydroxyl groups excluding tert-OH is 24. The van der Waals surface area contributed by atoms with Gasteiger partial charge in [-0.25, -0.2) is 0 Å². The second-order valence-electron chi connectivity index (χ2n) is 23.9. The molecule has 8 rings (SSSR count). The van der Waals surface area contributed by atoms with E-state index in [1.807, 2.05) is 0 Å². The van der Waals surface area contributed by atoms with Gasteiger partial charge in [-0.05, 0) is 0 Å². The Morgan fingerprint density at radius 2 is 0.579 bits per heavy atom. The standard InChI is InChI=1S/C52H88N2O41/c1-11(61)53-21-29(69)40(17(7-59)83-45(21)80)91-46-22(54-12(2)62)30(70)41(18(8-60)88-46)92-50-38(78)33(73)27(67)19(90-50)9-81-47-39(79)42(93-52-44(35(75)26(66)16(6-58)87-52)95-49-37(77)32(72)24(64)14(4-56)85-49)28(68)20(89-47)10-82-51-43(34(74)25(65)15(5-57)86-51)94-48-36(76)31(71)23(63)13(3-55)84-48/h13-52,55-60,63-80H,3-10H2,1-2H3,(H,53,61)(H,54,62)/t13-,14-,15-,16-,17-,18-,19-,20-,21-,22-,23-,24-,25-,26-,27-,28-,29-,30-,31+,32+,33+,34+,35+,36+,37+,38+,39+,40-,41-,42+,43+,44+,45-,46+,47+,48-,49-,50+,51+,52-/m1/s1. The number of ether oxygens (including phenoxy) is 15. The largest absolute Gasteiger partial charge is 0.394 e. The fourth-order valence-electron chi connectivity index (χ4n) is 12.0. The molecule has 8 heterocycles. The maximum Gasteiger partial charge on any atom is 0.217 e. The summed E-state index contributed by atoms with van der Waals surface area (Å²) in [7, 11) is 0. The van der Waals surface area contributed by atoms with E-state index >= 15 is 0 Å². The molecule has 0 spiro atoms. The Kier molecular flexibility index (Phi) is 27.9. The van der Waals surface area contributed by atoms with Gasteiger partial charge in [0.05, 0.1) is 52.9 Å². The number of carbonyl (C=O) groups is 2. The summed E-state index contributed by atoms with van der Waals surface area (Å²) in [4.78, 5) is 24.5. The molecule has 43 nitrogen and oxygen atoms in total. The van der Waals surface area contributed by atoms with Crippen LogP contribution >= 0.6 is 0 Å². The first-order valence-electron chi connectivity index (χ1n) is 30.1. The lowest BCUT2D eigenvalue weighted by molar-refractivity contribution is -0.395. The van der Waals surface area contributed by atoms with E-state index in [1.165, 1.54) is 0 Å². The minimum atomic E-state index is -2.39. The van der Waals surface area contributed by atoms with Crippen LogP contribution in [0.15, 0.2) is 0 Å². The summed E-state index contributed by atoms with van der Waals surface area (Å²) in [5, 5.41) is 265. The van der Waals surface area contributed by atoms with E-state index in [4.69, 9.17) is 71.1 Å². The van der Waals surface area contributed by atoms with Gasteiger partial charge >= 0.3 is 0 Å². The van der Waals surface area contributed by atoms with Crippen LogP contribution in [0.25, 0.3) is 0 Å². The Morgan fingerprint density at radius 3 is 1.03 bits per heavy atom. The average molecular weight is 1400 g/mol. The van der Waals surface area contributed by atoms with Gasteiger partial charge in [0.15, 0.2) is 50.3 Å². The molecule has 0 aromatic heterocycles. The summed E-state index contributed by atoms with van der Waals surface area (Å²) in [6, 6.07) is -3.34. The first-order valence-corrected chi connectivity index (χ1v) is 30.1. The molecule has 26 N–H and O–H groups in total. The van der Waals surface area contributed by atoms with Gasteiger partial charge in [-0.2, -0.15) is 0 Å². The zero-order valence-electron chi connectivity index (χ0n) is 50.4. The predicted octanol–water partition coefficient (Wildman–Crippen LogP) is -18.2. The van der Waals surface area contributed by atoms with E-state index in [-0.39, 0.29) is 0 Å². The fraction of sp³-hybridized carbons (Fsp3) is 0.962. The lowest BCUT2D eigenvalue weighted by Crippen LogP contribution is -2.70. The third-order valence-electron chi connectivity index (χ3n) is 17.4. The van der Waals surface area contributed by atoms with Crippen molar-refractivity contribution in [3.05, 3.63) is 0 Å². The number of carbonyl (C=O) groups excluding carboxylic acids is 2. The smallest absolute Gasteiger partial charge is 0.217 e. The monoisotopic (exact) mass is 1400 g/mol. The minimum Gasteiger partial charge on any atom is -0.394 e. The maximum atomic E-state index is 12.6. The second-order valence-corrected chi connectivity index (χ2v) is 23.9. The molecule has 43 heteroatoms. The van der Waals surface area contributed by atoms with Crippen LogP contribution in [0, 0.1) is 0 Å². The van der Waals surface area contributed by atoms with E-state index in [2.05, 4.69) is 10.6 Å². The molecular formula is C52H88N2O41. The van der Waals surface area contributed by atoms with Crippen molar-refractivity contribution in [3.8, 4) is 0 Å². The molecule has 0 radical (unpaired) electrons. The number of amides is 2. The van der Waals surface area contributed by atoms with Crippen LogP contribution in [0.3, 0.4) is 0 Å². The third-order valence-corrected chi connectivity index (χ3v) is 17.4. The summed E-state index contributed by atoms with van der Waals surface area (Å²) in [5.74, 6) is -1.60. The van der Waals surface area contributed by atoms with E-state index < -0.39 is 310 Å². The number of hydrogen-bond acceptors (Lipinski definition) is 41. The zero-order chi connectivity index (χ0) is 69.9. The Bertz CT molecular complexity index is 2380. The van der Waals surface area contributed by atoms with Crippen molar-refractivity contribution in [2.24, 2.45) is 0 Å². The Balaban J connectivity index is 1.05. The van der Waals surface area contributed by atoms with Gasteiger partial charge < -0.3 is 204 Å². The van der Waals surface area contributed by atoms with Gasteiger partial charge in [-0.15, -0.1) is 0 Å². The Labute approximate surface area is 536 Å². The highest BCUT2D eigenvalue weighted by atomic mass is 16.8. The highest BCUT2D eigenvalue weighted by Gasteiger charge is 2.59. The predicted molar refractivity (Wildman–Crippen MR) is 288 cm³/mol. The first-order chi connectivity index (χ1) is 44.9. The van der Waals surface area contributed by atoms with Crippen LogP contribution < -0.4 is 10.6 Å². The van der Waals surface area contributed by atoms with Gasteiger partial charge in [0.2, 0.25) is 11.8 Å². The summed E-state index contributed by atoms with van der Waals surface area (Å²) < 4.78 is 86.4. The van der Waals surface area contributed by atoms with E-state index in [0.717, 1.165) is 13.8 Å². The summed E-state index contributed by atoms with van der Waals surface area (Å²) in [6.07, 6.45) is -76.9. The lowest BCUT2D eigenvalue weighted by atomic mass is 9.94. The SMILES string of the molecule is CC(=O)N[C@@H]1[C@@H](O)[C@H](O[C@@H]2O[C@H](CO)[C@@H](O[C@@H]3O[C@H](CO[C@H]4O[C@H](CO[C@H]5O[C@H](CO)[C@@H](O)[C@H](O)[C@@H]5O[C@H]5O[C@H](CO)[C@@H](O)[C@H](O)[C@@H]5O)[C@@H](O)[C@H](O[C@H]5O[C@H](CO)[C@@H](O)[C@H](O)[C@@H]5O[C@H]5O[C@H](CO)[C@@H](O)[C@H](O)[C@@H]5O)[C@@H]4O)[C@@H](O)[C@H](O)[C@@H]3O)[C@H](O)[C@H]2NC(C)=O)[C@@H](CO)O[C@H]1O. The van der Waals surface area contributed by atoms with Gasteiger partial charge in [0.1, 0.15) is 195 Å². The molecule has 8 saturated heterocycles.